The van der Waals surface area contributed by atoms with Crippen LogP contribution in [0, 0.1) is 13.8 Å². The van der Waals surface area contributed by atoms with Crippen LogP contribution in [0.25, 0.3) is 0 Å². The van der Waals surface area contributed by atoms with Crippen LogP contribution in [0.2, 0.25) is 0 Å². The highest BCUT2D eigenvalue weighted by Crippen LogP contribution is 2.20. The summed E-state index contributed by atoms with van der Waals surface area (Å²) in [6.07, 6.45) is 0.280. The van der Waals surface area contributed by atoms with Gasteiger partial charge >= 0.3 is 5.97 Å². The molecule has 0 saturated carbocycles. The number of carbonyl (C=O) groups is 2. The SMILES string of the molecule is COC(=O)c1c(C)[nH]c(C(=O)[C@H](C)[NH+]2C[C@@H](C)O[C@H](C)C2)c1C. The van der Waals surface area contributed by atoms with Gasteiger partial charge in [-0.3, -0.25) is 4.79 Å². The Hall–Kier alpha value is -1.66. The summed E-state index contributed by atoms with van der Waals surface area (Å²) in [7, 11) is 1.35. The normalized spacial score (nSPS) is 25.9. The number of aromatic nitrogens is 1. The van der Waals surface area contributed by atoms with Crippen LogP contribution in [0.5, 0.6) is 0 Å². The third-order valence-electron chi connectivity index (χ3n) is 4.64. The summed E-state index contributed by atoms with van der Waals surface area (Å²) in [6.45, 7) is 11.2. The minimum absolute atomic E-state index is 0.0250. The molecular formula is C17H27N2O4+. The number of aryl methyl sites for hydroxylation is 1. The lowest BCUT2D eigenvalue weighted by molar-refractivity contribution is -0.928. The second-order valence-corrected chi connectivity index (χ2v) is 6.53. The summed E-state index contributed by atoms with van der Waals surface area (Å²) in [5, 5.41) is 0. The zero-order chi connectivity index (χ0) is 17.3. The Morgan fingerprint density at radius 1 is 1.26 bits per heavy atom. The number of carbonyl (C=O) groups excluding carboxylic acids is 2. The highest BCUT2D eigenvalue weighted by Gasteiger charge is 2.35. The highest BCUT2D eigenvalue weighted by molar-refractivity contribution is 6.03. The number of rotatable bonds is 4. The van der Waals surface area contributed by atoms with Crippen molar-refractivity contribution >= 4 is 11.8 Å². The highest BCUT2D eigenvalue weighted by atomic mass is 16.5. The zero-order valence-corrected chi connectivity index (χ0v) is 14.8. The molecule has 3 atom stereocenters. The van der Waals surface area contributed by atoms with Gasteiger partial charge in [-0.2, -0.15) is 0 Å². The number of hydrogen-bond donors (Lipinski definition) is 2. The number of quaternary nitrogens is 1. The van der Waals surface area contributed by atoms with E-state index >= 15 is 0 Å². The van der Waals surface area contributed by atoms with E-state index in [1.165, 1.54) is 12.0 Å². The van der Waals surface area contributed by atoms with E-state index in [-0.39, 0.29) is 24.0 Å². The van der Waals surface area contributed by atoms with Crippen molar-refractivity contribution in [1.29, 1.82) is 0 Å². The molecule has 0 amide bonds. The van der Waals surface area contributed by atoms with Gasteiger partial charge in [0.25, 0.3) is 0 Å². The van der Waals surface area contributed by atoms with Crippen molar-refractivity contribution in [3.8, 4) is 0 Å². The molecule has 1 fully saturated rings. The fourth-order valence-electron chi connectivity index (χ4n) is 3.47. The van der Waals surface area contributed by atoms with E-state index in [2.05, 4.69) is 4.98 Å². The number of hydrogen-bond acceptors (Lipinski definition) is 4. The van der Waals surface area contributed by atoms with Crippen LogP contribution < -0.4 is 4.90 Å². The Bertz CT molecular complexity index is 598. The summed E-state index contributed by atoms with van der Waals surface area (Å²) in [6, 6.07) is -0.189. The van der Waals surface area contributed by atoms with Gasteiger partial charge in [-0.1, -0.05) is 0 Å². The third-order valence-corrected chi connectivity index (χ3v) is 4.64. The molecule has 1 saturated heterocycles. The zero-order valence-electron chi connectivity index (χ0n) is 14.8. The lowest BCUT2D eigenvalue weighted by Crippen LogP contribution is -3.19. The molecule has 6 heteroatoms. The molecule has 128 valence electrons. The van der Waals surface area contributed by atoms with E-state index in [9.17, 15) is 9.59 Å². The largest absolute Gasteiger partial charge is 0.465 e. The fraction of sp³-hybridized carbons (Fsp3) is 0.647. The molecule has 1 aromatic rings. The molecule has 0 bridgehead atoms. The first kappa shape index (κ1) is 17.7. The summed E-state index contributed by atoms with van der Waals surface area (Å²) in [4.78, 5) is 29.1. The minimum Gasteiger partial charge on any atom is -0.465 e. The number of Topliss-reactive ketones (excluding diaryl/α,β-unsaturated/α-hetero) is 1. The van der Waals surface area contributed by atoms with Gasteiger partial charge in [0, 0.05) is 5.69 Å². The van der Waals surface area contributed by atoms with Crippen molar-refractivity contribution < 1.29 is 24.0 Å². The molecule has 0 spiro atoms. The van der Waals surface area contributed by atoms with E-state index in [0.29, 0.717) is 22.5 Å². The van der Waals surface area contributed by atoms with E-state index in [4.69, 9.17) is 9.47 Å². The molecule has 0 aliphatic carbocycles. The number of ether oxygens (including phenoxy) is 2. The Kier molecular flexibility index (Phi) is 5.26. The number of methoxy groups -OCH3 is 1. The Morgan fingerprint density at radius 3 is 2.35 bits per heavy atom. The van der Waals surface area contributed by atoms with Crippen LogP contribution in [-0.4, -0.2) is 55.2 Å². The monoisotopic (exact) mass is 323 g/mol. The van der Waals surface area contributed by atoms with Crippen LogP contribution >= 0.6 is 0 Å². The second-order valence-electron chi connectivity index (χ2n) is 6.53. The van der Waals surface area contributed by atoms with Crippen molar-refractivity contribution in [3.05, 3.63) is 22.5 Å². The number of H-pyrrole nitrogens is 1. The van der Waals surface area contributed by atoms with Gasteiger partial charge in [0.05, 0.1) is 18.4 Å². The number of aromatic amines is 1. The first-order chi connectivity index (χ1) is 10.8. The van der Waals surface area contributed by atoms with Crippen LogP contribution in [0.15, 0.2) is 0 Å². The molecule has 1 aliphatic heterocycles. The molecular weight excluding hydrogens is 296 g/mol. The first-order valence-corrected chi connectivity index (χ1v) is 8.08. The van der Waals surface area contributed by atoms with E-state index in [0.717, 1.165) is 13.1 Å². The summed E-state index contributed by atoms with van der Waals surface area (Å²) >= 11 is 0. The van der Waals surface area contributed by atoms with Gasteiger partial charge in [-0.25, -0.2) is 4.79 Å². The average molecular weight is 323 g/mol. The maximum Gasteiger partial charge on any atom is 0.339 e. The van der Waals surface area contributed by atoms with E-state index < -0.39 is 5.97 Å². The summed E-state index contributed by atoms with van der Waals surface area (Å²) < 4.78 is 10.5. The van der Waals surface area contributed by atoms with Gasteiger partial charge in [-0.15, -0.1) is 0 Å². The molecule has 1 aliphatic rings. The standard InChI is InChI=1S/C17H26N2O4/c1-9-7-19(8-10(2)23-9)13(5)16(20)15-11(3)14(12(4)18-15)17(21)22-6/h9-10,13,18H,7-8H2,1-6H3/p+1/t9-,10-,13+/m1/s1. The smallest absolute Gasteiger partial charge is 0.339 e. The maximum atomic E-state index is 12.9. The molecule has 6 nitrogen and oxygen atoms in total. The lowest BCUT2D eigenvalue weighted by atomic mass is 10.0. The van der Waals surface area contributed by atoms with Crippen molar-refractivity contribution in [2.24, 2.45) is 0 Å². The average Bonchev–Trinajstić information content (AvgIpc) is 2.79. The number of morpholine rings is 1. The molecule has 2 rings (SSSR count). The Labute approximate surface area is 137 Å². The van der Waals surface area contributed by atoms with Gasteiger partial charge in [0.2, 0.25) is 5.78 Å². The first-order valence-electron chi connectivity index (χ1n) is 8.08. The van der Waals surface area contributed by atoms with Crippen LogP contribution in [0.1, 0.15) is 52.9 Å². The van der Waals surface area contributed by atoms with Gasteiger partial charge in [0.1, 0.15) is 25.3 Å². The quantitative estimate of drug-likeness (QED) is 0.631. The molecule has 0 unspecified atom stereocenters. The molecule has 2 heterocycles. The summed E-state index contributed by atoms with van der Waals surface area (Å²) in [5.74, 6) is -0.388. The molecule has 0 aromatic carbocycles. The van der Waals surface area contributed by atoms with E-state index in [1.807, 2.05) is 20.8 Å². The second kappa shape index (κ2) is 6.84. The van der Waals surface area contributed by atoms with E-state index in [1.54, 1.807) is 13.8 Å². The molecule has 1 aromatic heterocycles. The lowest BCUT2D eigenvalue weighted by Gasteiger charge is -2.35. The fourth-order valence-corrected chi connectivity index (χ4v) is 3.47. The third kappa shape index (κ3) is 3.48. The predicted octanol–water partition coefficient (Wildman–Crippen LogP) is 0.681. The van der Waals surface area contributed by atoms with Crippen molar-refractivity contribution in [2.75, 3.05) is 20.2 Å². The number of esters is 1. The predicted molar refractivity (Wildman–Crippen MR) is 86.1 cm³/mol. The Balaban J connectivity index is 2.25. The van der Waals surface area contributed by atoms with Crippen molar-refractivity contribution in [2.45, 2.75) is 52.9 Å². The molecule has 23 heavy (non-hydrogen) atoms. The van der Waals surface area contributed by atoms with Crippen LogP contribution in [0.3, 0.4) is 0 Å². The van der Waals surface area contributed by atoms with Crippen molar-refractivity contribution in [3.63, 3.8) is 0 Å². The number of nitrogens with one attached hydrogen (secondary N) is 2. The molecule has 2 N–H and O–H groups in total. The van der Waals surface area contributed by atoms with Gasteiger partial charge < -0.3 is 19.4 Å². The van der Waals surface area contributed by atoms with Crippen LogP contribution in [0.4, 0.5) is 0 Å². The van der Waals surface area contributed by atoms with Crippen LogP contribution in [-0.2, 0) is 9.47 Å². The summed E-state index contributed by atoms with van der Waals surface area (Å²) in [5.41, 5.74) is 2.31. The van der Waals surface area contributed by atoms with Gasteiger partial charge in [-0.05, 0) is 40.2 Å². The number of ketones is 1. The Morgan fingerprint density at radius 2 is 1.83 bits per heavy atom. The van der Waals surface area contributed by atoms with Gasteiger partial charge in [0.15, 0.2) is 6.04 Å². The molecule has 0 radical (unpaired) electrons. The van der Waals surface area contributed by atoms with Crippen molar-refractivity contribution in [1.82, 2.24) is 4.98 Å². The maximum absolute atomic E-state index is 12.9. The minimum atomic E-state index is -0.413. The topological polar surface area (TPSA) is 72.8 Å².